The summed E-state index contributed by atoms with van der Waals surface area (Å²) in [4.78, 5) is 12.1. The number of alkyl halides is 3. The van der Waals surface area contributed by atoms with Crippen molar-refractivity contribution in [3.8, 4) is 0 Å². The molecule has 110 valence electrons. The predicted octanol–water partition coefficient (Wildman–Crippen LogP) is 5.37. The fraction of sp³-hybridized carbons (Fsp3) is 0.0714. The van der Waals surface area contributed by atoms with Gasteiger partial charge in [0, 0.05) is 0 Å². The minimum Gasteiger partial charge on any atom is -0.321 e. The molecule has 1 amide bonds. The monoisotopic (exact) mass is 377 g/mol. The van der Waals surface area contributed by atoms with E-state index in [1.165, 1.54) is 18.2 Å². The standard InChI is InChI=1S/C14H8BrClF3NO/c15-12-10(16)6-3-7-11(12)20-13(21)8-4-1-2-5-9(8)14(17,18)19/h1-7H,(H,20,21). The van der Waals surface area contributed by atoms with E-state index >= 15 is 0 Å². The molecule has 0 aromatic heterocycles. The van der Waals surface area contributed by atoms with Crippen LogP contribution in [-0.4, -0.2) is 5.91 Å². The van der Waals surface area contributed by atoms with Crippen LogP contribution in [0.4, 0.5) is 18.9 Å². The Morgan fingerprint density at radius 1 is 1.10 bits per heavy atom. The van der Waals surface area contributed by atoms with Crippen molar-refractivity contribution in [1.29, 1.82) is 0 Å². The first-order chi connectivity index (χ1) is 9.80. The van der Waals surface area contributed by atoms with Crippen molar-refractivity contribution in [3.63, 3.8) is 0 Å². The van der Waals surface area contributed by atoms with E-state index in [4.69, 9.17) is 11.6 Å². The maximum atomic E-state index is 12.9. The van der Waals surface area contributed by atoms with Crippen LogP contribution in [0, 0.1) is 0 Å². The van der Waals surface area contributed by atoms with Crippen molar-refractivity contribution < 1.29 is 18.0 Å². The Morgan fingerprint density at radius 2 is 1.76 bits per heavy atom. The molecule has 0 aliphatic rings. The van der Waals surface area contributed by atoms with E-state index in [-0.39, 0.29) is 0 Å². The molecule has 0 aliphatic carbocycles. The van der Waals surface area contributed by atoms with E-state index in [0.717, 1.165) is 12.1 Å². The molecule has 2 aromatic rings. The molecule has 1 N–H and O–H groups in total. The van der Waals surface area contributed by atoms with Gasteiger partial charge in [-0.05, 0) is 40.2 Å². The lowest BCUT2D eigenvalue weighted by molar-refractivity contribution is -0.137. The third-order valence-electron chi connectivity index (χ3n) is 2.68. The number of nitrogens with one attached hydrogen (secondary N) is 1. The highest BCUT2D eigenvalue weighted by Crippen LogP contribution is 2.33. The van der Waals surface area contributed by atoms with Gasteiger partial charge in [0.25, 0.3) is 5.91 Å². The molecule has 0 heterocycles. The maximum absolute atomic E-state index is 12.9. The number of halogens is 5. The smallest absolute Gasteiger partial charge is 0.321 e. The van der Waals surface area contributed by atoms with Crippen LogP contribution in [-0.2, 0) is 6.18 Å². The van der Waals surface area contributed by atoms with Crippen LogP contribution >= 0.6 is 27.5 Å². The number of benzene rings is 2. The van der Waals surface area contributed by atoms with E-state index in [1.54, 1.807) is 12.1 Å². The first-order valence-corrected chi connectivity index (χ1v) is 6.89. The van der Waals surface area contributed by atoms with Gasteiger partial charge in [0.15, 0.2) is 0 Å². The van der Waals surface area contributed by atoms with Crippen LogP contribution in [0.1, 0.15) is 15.9 Å². The normalized spacial score (nSPS) is 11.3. The van der Waals surface area contributed by atoms with Gasteiger partial charge >= 0.3 is 6.18 Å². The molecule has 0 unspecified atom stereocenters. The predicted molar refractivity (Wildman–Crippen MR) is 78.5 cm³/mol. The number of carbonyl (C=O) groups is 1. The van der Waals surface area contributed by atoms with E-state index in [2.05, 4.69) is 21.2 Å². The van der Waals surface area contributed by atoms with Crippen LogP contribution in [0.2, 0.25) is 5.02 Å². The number of hydrogen-bond acceptors (Lipinski definition) is 1. The lowest BCUT2D eigenvalue weighted by atomic mass is 10.1. The van der Waals surface area contributed by atoms with Crippen molar-refractivity contribution in [3.05, 3.63) is 63.1 Å². The number of rotatable bonds is 2. The average Bonchev–Trinajstić information content (AvgIpc) is 2.43. The summed E-state index contributed by atoms with van der Waals surface area (Å²) in [5.74, 6) is -0.856. The zero-order valence-corrected chi connectivity index (χ0v) is 12.7. The summed E-state index contributed by atoms with van der Waals surface area (Å²) in [6, 6.07) is 9.29. The lowest BCUT2D eigenvalue weighted by Crippen LogP contribution is -2.18. The van der Waals surface area contributed by atoms with E-state index in [1.807, 2.05) is 0 Å². The van der Waals surface area contributed by atoms with Crippen molar-refractivity contribution in [2.45, 2.75) is 6.18 Å². The van der Waals surface area contributed by atoms with Gasteiger partial charge in [-0.3, -0.25) is 4.79 Å². The van der Waals surface area contributed by atoms with Gasteiger partial charge in [-0.25, -0.2) is 0 Å². The summed E-state index contributed by atoms with van der Waals surface area (Å²) in [7, 11) is 0. The van der Waals surface area contributed by atoms with Gasteiger partial charge in [0.05, 0.1) is 26.3 Å². The van der Waals surface area contributed by atoms with Crippen LogP contribution in [0.5, 0.6) is 0 Å². The quantitative estimate of drug-likeness (QED) is 0.747. The molecule has 7 heteroatoms. The van der Waals surface area contributed by atoms with Gasteiger partial charge in [0.2, 0.25) is 0 Å². The van der Waals surface area contributed by atoms with Gasteiger partial charge in [-0.15, -0.1) is 0 Å². The van der Waals surface area contributed by atoms with Gasteiger partial charge in [-0.1, -0.05) is 29.8 Å². The molecule has 21 heavy (non-hydrogen) atoms. The second-order valence-electron chi connectivity index (χ2n) is 4.10. The Kier molecular flexibility index (Phi) is 4.58. The molecule has 2 rings (SSSR count). The minimum absolute atomic E-state index is 0.296. The zero-order chi connectivity index (χ0) is 15.6. The Bertz CT molecular complexity index is 688. The summed E-state index contributed by atoms with van der Waals surface area (Å²) in [5.41, 5.74) is -1.14. The highest BCUT2D eigenvalue weighted by Gasteiger charge is 2.34. The maximum Gasteiger partial charge on any atom is 0.417 e. The molecule has 0 atom stereocenters. The first-order valence-electron chi connectivity index (χ1n) is 5.72. The Hall–Kier alpha value is -1.53. The third-order valence-corrected chi connectivity index (χ3v) is 4.07. The molecule has 0 bridgehead atoms. The molecule has 0 aliphatic heterocycles. The van der Waals surface area contributed by atoms with Crippen molar-refractivity contribution in [2.24, 2.45) is 0 Å². The molecule has 0 spiro atoms. The van der Waals surface area contributed by atoms with Crippen LogP contribution < -0.4 is 5.32 Å². The number of hydrogen-bond donors (Lipinski definition) is 1. The molecule has 2 nitrogen and oxygen atoms in total. The largest absolute Gasteiger partial charge is 0.417 e. The number of amides is 1. The fourth-order valence-electron chi connectivity index (χ4n) is 1.72. The molecule has 2 aromatic carbocycles. The Morgan fingerprint density at radius 3 is 2.43 bits per heavy atom. The second-order valence-corrected chi connectivity index (χ2v) is 5.30. The third kappa shape index (κ3) is 3.57. The topological polar surface area (TPSA) is 29.1 Å². The molecule has 0 saturated carbocycles. The molecular formula is C14H8BrClF3NO. The number of anilines is 1. The molecular weight excluding hydrogens is 371 g/mol. The Balaban J connectivity index is 2.36. The zero-order valence-electron chi connectivity index (χ0n) is 10.3. The SMILES string of the molecule is O=C(Nc1cccc(Cl)c1Br)c1ccccc1C(F)(F)F. The first kappa shape index (κ1) is 15.9. The molecule has 0 fully saturated rings. The second kappa shape index (κ2) is 6.07. The summed E-state index contributed by atoms with van der Waals surface area (Å²) in [6.07, 6.45) is -4.60. The Labute approximate surface area is 132 Å². The highest BCUT2D eigenvalue weighted by molar-refractivity contribution is 9.10. The highest BCUT2D eigenvalue weighted by atomic mass is 79.9. The summed E-state index contributed by atoms with van der Waals surface area (Å²) in [6.45, 7) is 0. The van der Waals surface area contributed by atoms with E-state index in [0.29, 0.717) is 15.2 Å². The molecule has 0 saturated heterocycles. The summed E-state index contributed by atoms with van der Waals surface area (Å²) < 4.78 is 39.0. The summed E-state index contributed by atoms with van der Waals surface area (Å²) in [5, 5.41) is 2.75. The van der Waals surface area contributed by atoms with Crippen LogP contribution in [0.15, 0.2) is 46.9 Å². The van der Waals surface area contributed by atoms with Crippen molar-refractivity contribution in [1.82, 2.24) is 0 Å². The van der Waals surface area contributed by atoms with Gasteiger partial charge in [-0.2, -0.15) is 13.2 Å². The lowest BCUT2D eigenvalue weighted by Gasteiger charge is -2.13. The van der Waals surface area contributed by atoms with Gasteiger partial charge < -0.3 is 5.32 Å². The number of carbonyl (C=O) groups excluding carboxylic acids is 1. The minimum atomic E-state index is -4.60. The van der Waals surface area contributed by atoms with Crippen molar-refractivity contribution in [2.75, 3.05) is 5.32 Å². The van der Waals surface area contributed by atoms with E-state index in [9.17, 15) is 18.0 Å². The van der Waals surface area contributed by atoms with Gasteiger partial charge in [0.1, 0.15) is 0 Å². The summed E-state index contributed by atoms with van der Waals surface area (Å²) >= 11 is 9.04. The van der Waals surface area contributed by atoms with Crippen molar-refractivity contribution >= 4 is 39.1 Å². The van der Waals surface area contributed by atoms with Crippen LogP contribution in [0.3, 0.4) is 0 Å². The molecule has 0 radical (unpaired) electrons. The van der Waals surface area contributed by atoms with E-state index < -0.39 is 23.2 Å². The fourth-order valence-corrected chi connectivity index (χ4v) is 2.26. The van der Waals surface area contributed by atoms with Crippen LogP contribution in [0.25, 0.3) is 0 Å². The average molecular weight is 379 g/mol.